The van der Waals surface area contributed by atoms with Crippen LogP contribution in [0, 0.1) is 0 Å². The lowest BCUT2D eigenvalue weighted by atomic mass is 10.1. The van der Waals surface area contributed by atoms with Crippen LogP contribution in [-0.4, -0.2) is 59.2 Å². The number of nitrogens with zero attached hydrogens (tertiary/aromatic N) is 3. The molecule has 1 aromatic carbocycles. The van der Waals surface area contributed by atoms with E-state index in [1.54, 1.807) is 29.0 Å². The minimum absolute atomic E-state index is 0.206. The van der Waals surface area contributed by atoms with Crippen LogP contribution in [0.4, 0.5) is 4.79 Å². The number of carbonyl (C=O) groups excluding carboxylic acids is 2. The number of hydrogen-bond donors (Lipinski definition) is 0. The molecule has 0 N–H and O–H groups in total. The smallest absolute Gasteiger partial charge is 0.409 e. The molecule has 0 radical (unpaired) electrons. The number of rotatable bonds is 2. The molecule has 7 nitrogen and oxygen atoms in total. The number of pyridine rings is 1. The number of piperazine rings is 1. The zero-order valence-electron chi connectivity index (χ0n) is 15.6. The summed E-state index contributed by atoms with van der Waals surface area (Å²) in [5, 5.41) is 0.604. The number of ether oxygens (including phenoxy) is 1. The summed E-state index contributed by atoms with van der Waals surface area (Å²) >= 11 is 0. The van der Waals surface area contributed by atoms with Crippen molar-refractivity contribution in [2.45, 2.75) is 26.3 Å². The molecule has 2 aromatic rings. The highest BCUT2D eigenvalue weighted by Crippen LogP contribution is 2.31. The first-order valence-electron chi connectivity index (χ1n) is 9.39. The Balaban J connectivity index is 1.61. The zero-order chi connectivity index (χ0) is 19.1. The van der Waals surface area contributed by atoms with Crippen LogP contribution in [-0.2, 0) is 11.2 Å². The van der Waals surface area contributed by atoms with Gasteiger partial charge in [-0.2, -0.15) is 0 Å². The lowest BCUT2D eigenvalue weighted by Gasteiger charge is -2.34. The summed E-state index contributed by atoms with van der Waals surface area (Å²) < 4.78 is 7.06. The Bertz CT molecular complexity index is 973. The third-order valence-corrected chi connectivity index (χ3v) is 5.45. The van der Waals surface area contributed by atoms with E-state index in [1.807, 2.05) is 16.7 Å². The Morgan fingerprint density at radius 2 is 1.85 bits per heavy atom. The normalized spacial score (nSPS) is 18.8. The summed E-state index contributed by atoms with van der Waals surface area (Å²) in [6.07, 6.45) is 2.23. The summed E-state index contributed by atoms with van der Waals surface area (Å²) in [5.41, 5.74) is 2.09. The molecule has 2 amide bonds. The molecule has 0 saturated carbocycles. The minimum Gasteiger partial charge on any atom is -0.450 e. The van der Waals surface area contributed by atoms with E-state index in [1.165, 1.54) is 0 Å². The van der Waals surface area contributed by atoms with Gasteiger partial charge in [0.2, 0.25) is 5.43 Å². The monoisotopic (exact) mass is 369 g/mol. The van der Waals surface area contributed by atoms with E-state index in [4.69, 9.17) is 4.74 Å². The fraction of sp³-hybridized carbons (Fsp3) is 0.450. The quantitative estimate of drug-likeness (QED) is 0.812. The molecule has 27 heavy (non-hydrogen) atoms. The Kier molecular flexibility index (Phi) is 4.37. The van der Waals surface area contributed by atoms with Gasteiger partial charge in [0.25, 0.3) is 5.91 Å². The maximum Gasteiger partial charge on any atom is 0.409 e. The van der Waals surface area contributed by atoms with Crippen molar-refractivity contribution in [3.63, 3.8) is 0 Å². The third-order valence-electron chi connectivity index (χ3n) is 5.45. The van der Waals surface area contributed by atoms with Crippen molar-refractivity contribution in [3.05, 3.63) is 45.7 Å². The highest BCUT2D eigenvalue weighted by atomic mass is 16.6. The van der Waals surface area contributed by atoms with Crippen molar-refractivity contribution in [1.82, 2.24) is 14.4 Å². The van der Waals surface area contributed by atoms with Crippen LogP contribution in [0.5, 0.6) is 0 Å². The molecule has 0 spiro atoms. The van der Waals surface area contributed by atoms with E-state index in [2.05, 4.69) is 6.92 Å². The van der Waals surface area contributed by atoms with Crippen molar-refractivity contribution >= 4 is 22.9 Å². The predicted molar refractivity (Wildman–Crippen MR) is 101 cm³/mol. The SMILES string of the molecule is CCOC(=O)N1CCN(C(=O)c2cn3c4c(cccc4c2=O)CC3C)CC1. The van der Waals surface area contributed by atoms with Crippen molar-refractivity contribution in [1.29, 1.82) is 0 Å². The molecule has 3 heterocycles. The Morgan fingerprint density at radius 3 is 2.56 bits per heavy atom. The lowest BCUT2D eigenvalue weighted by Crippen LogP contribution is -2.51. The van der Waals surface area contributed by atoms with Crippen LogP contribution in [0.2, 0.25) is 0 Å². The summed E-state index contributed by atoms with van der Waals surface area (Å²) in [6, 6.07) is 5.94. The van der Waals surface area contributed by atoms with Gasteiger partial charge in [0.15, 0.2) is 0 Å². The summed E-state index contributed by atoms with van der Waals surface area (Å²) in [5.74, 6) is -0.265. The second kappa shape index (κ2) is 6.72. The molecule has 1 atom stereocenters. The van der Waals surface area contributed by atoms with Crippen LogP contribution in [0.25, 0.3) is 10.9 Å². The van der Waals surface area contributed by atoms with Gasteiger partial charge in [-0.25, -0.2) is 4.79 Å². The van der Waals surface area contributed by atoms with Crippen molar-refractivity contribution in [2.24, 2.45) is 0 Å². The minimum atomic E-state index is -0.357. The molecule has 2 aliphatic rings. The molecule has 1 unspecified atom stereocenters. The number of benzene rings is 1. The summed E-state index contributed by atoms with van der Waals surface area (Å²) in [7, 11) is 0. The molecule has 0 aliphatic carbocycles. The van der Waals surface area contributed by atoms with Gasteiger partial charge in [0.1, 0.15) is 5.56 Å². The number of aromatic nitrogens is 1. The van der Waals surface area contributed by atoms with Crippen LogP contribution >= 0.6 is 0 Å². The van der Waals surface area contributed by atoms with Gasteiger partial charge >= 0.3 is 6.09 Å². The molecule has 4 rings (SSSR count). The van der Waals surface area contributed by atoms with Gasteiger partial charge in [-0.3, -0.25) is 9.59 Å². The highest BCUT2D eigenvalue weighted by Gasteiger charge is 2.29. The second-order valence-corrected chi connectivity index (χ2v) is 7.12. The molecule has 7 heteroatoms. The Labute approximate surface area is 157 Å². The third kappa shape index (κ3) is 2.87. The number of para-hydroxylation sites is 1. The number of amides is 2. The maximum atomic E-state index is 13.0. The average molecular weight is 369 g/mol. The standard InChI is InChI=1S/C20H23N3O4/c1-3-27-20(26)22-9-7-21(8-10-22)19(25)16-12-23-13(2)11-14-5-4-6-15(17(14)23)18(16)24/h4-6,12-13H,3,7-11H2,1-2H3. The summed E-state index contributed by atoms with van der Waals surface area (Å²) in [4.78, 5) is 41.1. The van der Waals surface area contributed by atoms with E-state index in [0.717, 1.165) is 17.5 Å². The highest BCUT2D eigenvalue weighted by molar-refractivity contribution is 5.98. The van der Waals surface area contributed by atoms with E-state index in [9.17, 15) is 14.4 Å². The molecule has 1 fully saturated rings. The largest absolute Gasteiger partial charge is 0.450 e. The van der Waals surface area contributed by atoms with Crippen molar-refractivity contribution < 1.29 is 14.3 Å². The molecule has 142 valence electrons. The van der Waals surface area contributed by atoms with E-state index < -0.39 is 0 Å². The van der Waals surface area contributed by atoms with E-state index in [-0.39, 0.29) is 29.0 Å². The molecule has 1 saturated heterocycles. The fourth-order valence-electron chi connectivity index (χ4n) is 4.05. The van der Waals surface area contributed by atoms with Gasteiger partial charge in [-0.05, 0) is 31.9 Å². The predicted octanol–water partition coefficient (Wildman–Crippen LogP) is 2.03. The van der Waals surface area contributed by atoms with Crippen LogP contribution in [0.15, 0.2) is 29.2 Å². The van der Waals surface area contributed by atoms with Crippen LogP contribution < -0.4 is 5.43 Å². The van der Waals surface area contributed by atoms with Gasteiger partial charge in [-0.15, -0.1) is 0 Å². The van der Waals surface area contributed by atoms with Gasteiger partial charge in [-0.1, -0.05) is 12.1 Å². The second-order valence-electron chi connectivity index (χ2n) is 7.12. The molecular weight excluding hydrogens is 346 g/mol. The topological polar surface area (TPSA) is 71.8 Å². The summed E-state index contributed by atoms with van der Waals surface area (Å²) in [6.45, 7) is 5.79. The van der Waals surface area contributed by atoms with E-state index >= 15 is 0 Å². The van der Waals surface area contributed by atoms with Crippen molar-refractivity contribution in [3.8, 4) is 0 Å². The first-order chi connectivity index (χ1) is 13.0. The zero-order valence-corrected chi connectivity index (χ0v) is 15.6. The van der Waals surface area contributed by atoms with Gasteiger partial charge < -0.3 is 19.1 Å². The van der Waals surface area contributed by atoms with Gasteiger partial charge in [0, 0.05) is 43.8 Å². The molecule has 1 aromatic heterocycles. The maximum absolute atomic E-state index is 13.0. The van der Waals surface area contributed by atoms with Crippen LogP contribution in [0.1, 0.15) is 35.8 Å². The lowest BCUT2D eigenvalue weighted by molar-refractivity contribution is 0.0569. The number of carbonyl (C=O) groups is 2. The van der Waals surface area contributed by atoms with E-state index in [0.29, 0.717) is 38.2 Å². The van der Waals surface area contributed by atoms with Gasteiger partial charge in [0.05, 0.1) is 12.1 Å². The Hall–Kier alpha value is -2.83. The number of hydrogen-bond acceptors (Lipinski definition) is 4. The molecule has 0 bridgehead atoms. The Morgan fingerprint density at radius 1 is 1.15 bits per heavy atom. The average Bonchev–Trinajstić information content (AvgIpc) is 3.00. The van der Waals surface area contributed by atoms with Crippen LogP contribution in [0.3, 0.4) is 0 Å². The van der Waals surface area contributed by atoms with Crippen molar-refractivity contribution in [2.75, 3.05) is 32.8 Å². The molecule has 2 aliphatic heterocycles. The molecular formula is C20H23N3O4. The first kappa shape index (κ1) is 17.6. The fourth-order valence-corrected chi connectivity index (χ4v) is 4.05. The first-order valence-corrected chi connectivity index (χ1v) is 9.39.